The van der Waals surface area contributed by atoms with Gasteiger partial charge in [-0.3, -0.25) is 0 Å². The van der Waals surface area contributed by atoms with Gasteiger partial charge in [-0.1, -0.05) is 24.3 Å². The minimum Gasteiger partial charge on any atom is -0.429 e. The largest absolute Gasteiger partial charge is 0.429 e. The van der Waals surface area contributed by atoms with Crippen LogP contribution in [0.3, 0.4) is 0 Å². The van der Waals surface area contributed by atoms with E-state index in [2.05, 4.69) is 9.47 Å². The van der Waals surface area contributed by atoms with Crippen molar-refractivity contribution in [2.45, 2.75) is 30.0 Å². The Bertz CT molecular complexity index is 1410. The number of alkyl halides is 10. The Balaban J connectivity index is 1.73. The molecule has 0 aliphatic carbocycles. The Hall–Kier alpha value is -4.62. The monoisotopic (exact) mass is 618 g/mol. The first kappa shape index (κ1) is 31.3. The molecule has 43 heavy (non-hydrogen) atoms. The summed E-state index contributed by atoms with van der Waals surface area (Å²) in [5.41, 5.74) is 1.52. The molecule has 4 rings (SSSR count). The van der Waals surface area contributed by atoms with E-state index >= 15 is 0 Å². The summed E-state index contributed by atoms with van der Waals surface area (Å²) in [4.78, 5) is 0. The van der Waals surface area contributed by atoms with Gasteiger partial charge in [0.05, 0.1) is 11.1 Å². The summed E-state index contributed by atoms with van der Waals surface area (Å²) in [5.74, 6) is -0.749. The highest BCUT2D eigenvalue weighted by molar-refractivity contribution is 5.47. The normalized spacial score (nSPS) is 13.1. The Morgan fingerprint density at radius 1 is 0.372 bits per heavy atom. The average molecular weight is 618 g/mol. The predicted molar refractivity (Wildman–Crippen MR) is 137 cm³/mol. The molecule has 4 aromatic carbocycles. The fourth-order valence-electron chi connectivity index (χ4n) is 4.30. The molecule has 4 N–H and O–H groups in total. The van der Waals surface area contributed by atoms with Crippen LogP contribution in [0.1, 0.15) is 22.3 Å². The molecule has 0 amide bonds. The van der Waals surface area contributed by atoms with Gasteiger partial charge in [-0.25, -0.2) is 0 Å². The van der Waals surface area contributed by atoms with Gasteiger partial charge in [0.2, 0.25) is 5.41 Å². The van der Waals surface area contributed by atoms with E-state index in [1.807, 2.05) is 0 Å². The fourth-order valence-corrected chi connectivity index (χ4v) is 4.30. The number of nitrogens with two attached hydrogens (primary N) is 2. The summed E-state index contributed by atoms with van der Waals surface area (Å²) in [6.07, 6.45) is -20.5. The highest BCUT2D eigenvalue weighted by atomic mass is 19.4. The van der Waals surface area contributed by atoms with Gasteiger partial charge in [0.15, 0.2) is 0 Å². The van der Waals surface area contributed by atoms with E-state index in [1.54, 1.807) is 0 Å². The van der Waals surface area contributed by atoms with Crippen LogP contribution in [0, 0.1) is 0 Å². The van der Waals surface area contributed by atoms with Crippen molar-refractivity contribution in [1.29, 1.82) is 0 Å². The number of benzene rings is 4. The molecule has 0 aliphatic rings. The van der Waals surface area contributed by atoms with Gasteiger partial charge < -0.3 is 20.9 Å². The Kier molecular flexibility index (Phi) is 7.94. The van der Waals surface area contributed by atoms with E-state index < -0.39 is 52.2 Å². The molecule has 0 saturated heterocycles. The zero-order valence-electron chi connectivity index (χ0n) is 21.5. The first-order valence-corrected chi connectivity index (χ1v) is 12.1. The van der Waals surface area contributed by atoms with Crippen LogP contribution in [0.2, 0.25) is 0 Å². The van der Waals surface area contributed by atoms with Crippen LogP contribution in [-0.4, -0.2) is 12.4 Å². The number of rotatable bonds is 8. The minimum absolute atomic E-state index is 0.224. The minimum atomic E-state index is -6.10. The number of hydrogen-bond acceptors (Lipinski definition) is 4. The standard InChI is InChI=1S/C29H20F10N2O2/c30-26(31,42-23-13-9-21(40)10-14-23)19-5-1-17(2-6-19)25(28(34,35)36,29(37,38)39)18-3-7-20(8-4-18)27(32,33)43-24-15-11-22(41)12-16-24/h1-16H,40-41H2. The first-order chi connectivity index (χ1) is 19.9. The Morgan fingerprint density at radius 3 is 0.884 bits per heavy atom. The topological polar surface area (TPSA) is 70.5 Å². The van der Waals surface area contributed by atoms with Gasteiger partial charge in [0.1, 0.15) is 11.5 Å². The summed E-state index contributed by atoms with van der Waals surface area (Å²) < 4.78 is 155. The van der Waals surface area contributed by atoms with Crippen LogP contribution in [0.5, 0.6) is 11.5 Å². The second-order valence-electron chi connectivity index (χ2n) is 9.28. The van der Waals surface area contributed by atoms with Gasteiger partial charge in [0, 0.05) is 11.4 Å². The lowest BCUT2D eigenvalue weighted by molar-refractivity contribution is -0.288. The first-order valence-electron chi connectivity index (χ1n) is 12.1. The van der Waals surface area contributed by atoms with Crippen molar-refractivity contribution in [1.82, 2.24) is 0 Å². The highest BCUT2D eigenvalue weighted by Crippen LogP contribution is 2.56. The van der Waals surface area contributed by atoms with Crippen LogP contribution in [0.15, 0.2) is 97.1 Å². The molecule has 0 radical (unpaired) electrons. The van der Waals surface area contributed by atoms with Crippen LogP contribution in [-0.2, 0) is 17.6 Å². The third kappa shape index (κ3) is 6.13. The molecule has 0 aliphatic heterocycles. The second kappa shape index (κ2) is 10.9. The van der Waals surface area contributed by atoms with Crippen LogP contribution >= 0.6 is 0 Å². The van der Waals surface area contributed by atoms with Gasteiger partial charge >= 0.3 is 24.6 Å². The Labute approximate surface area is 237 Å². The van der Waals surface area contributed by atoms with E-state index in [9.17, 15) is 43.9 Å². The van der Waals surface area contributed by atoms with Gasteiger partial charge in [-0.2, -0.15) is 43.9 Å². The second-order valence-corrected chi connectivity index (χ2v) is 9.28. The SMILES string of the molecule is Nc1ccc(OC(F)(F)c2ccc(C(c3ccc(C(F)(F)Oc4ccc(N)cc4)cc3)(C(F)(F)F)C(F)(F)F)cc2)cc1. The molecular formula is C29H20F10N2O2. The summed E-state index contributed by atoms with van der Waals surface area (Å²) in [5, 5.41) is 0. The number of hydrogen-bond donors (Lipinski definition) is 2. The van der Waals surface area contributed by atoms with E-state index in [0.717, 1.165) is 24.3 Å². The molecule has 0 spiro atoms. The summed E-state index contributed by atoms with van der Waals surface area (Å²) >= 11 is 0. The van der Waals surface area contributed by atoms with Crippen LogP contribution in [0.4, 0.5) is 55.3 Å². The van der Waals surface area contributed by atoms with Crippen LogP contribution < -0.4 is 20.9 Å². The molecule has 0 fully saturated rings. The number of halogens is 10. The van der Waals surface area contributed by atoms with Crippen molar-refractivity contribution in [3.8, 4) is 11.5 Å². The third-order valence-corrected chi connectivity index (χ3v) is 6.41. The lowest BCUT2D eigenvalue weighted by Gasteiger charge is -2.38. The fraction of sp³-hybridized carbons (Fsp3) is 0.172. The van der Waals surface area contributed by atoms with Crippen molar-refractivity contribution in [2.75, 3.05) is 11.5 Å². The average Bonchev–Trinajstić information content (AvgIpc) is 2.90. The van der Waals surface area contributed by atoms with Gasteiger partial charge in [-0.05, 0) is 83.9 Å². The van der Waals surface area contributed by atoms with Crippen molar-refractivity contribution in [2.24, 2.45) is 0 Å². The van der Waals surface area contributed by atoms with E-state index in [-0.39, 0.29) is 47.1 Å². The zero-order valence-corrected chi connectivity index (χ0v) is 21.5. The van der Waals surface area contributed by atoms with Crippen molar-refractivity contribution < 1.29 is 53.4 Å². The molecule has 0 atom stereocenters. The number of ether oxygens (including phenoxy) is 2. The molecule has 0 saturated carbocycles. The van der Waals surface area contributed by atoms with E-state index in [4.69, 9.17) is 11.5 Å². The molecule has 0 aromatic heterocycles. The molecular weight excluding hydrogens is 598 g/mol. The lowest BCUT2D eigenvalue weighted by Crippen LogP contribution is -2.54. The maximum absolute atomic E-state index is 14.7. The summed E-state index contributed by atoms with van der Waals surface area (Å²) in [6, 6.07) is 11.6. The summed E-state index contributed by atoms with van der Waals surface area (Å²) in [6.45, 7) is 0. The van der Waals surface area contributed by atoms with Crippen LogP contribution in [0.25, 0.3) is 0 Å². The predicted octanol–water partition coefficient (Wildman–Crippen LogP) is 8.52. The maximum Gasteiger partial charge on any atom is 0.426 e. The molecule has 4 aromatic rings. The Morgan fingerprint density at radius 2 is 0.628 bits per heavy atom. The third-order valence-electron chi connectivity index (χ3n) is 6.41. The van der Waals surface area contributed by atoms with E-state index in [1.165, 1.54) is 24.3 Å². The van der Waals surface area contributed by atoms with Gasteiger partial charge in [0.25, 0.3) is 0 Å². The molecule has 14 heteroatoms. The molecule has 228 valence electrons. The molecule has 0 heterocycles. The molecule has 4 nitrogen and oxygen atoms in total. The maximum atomic E-state index is 14.7. The van der Waals surface area contributed by atoms with Crippen molar-refractivity contribution >= 4 is 11.4 Å². The quantitative estimate of drug-likeness (QED) is 0.154. The van der Waals surface area contributed by atoms with Gasteiger partial charge in [-0.15, -0.1) is 0 Å². The lowest BCUT2D eigenvalue weighted by atomic mass is 9.72. The molecule has 0 bridgehead atoms. The summed E-state index contributed by atoms with van der Waals surface area (Å²) in [7, 11) is 0. The number of nitrogen functional groups attached to an aromatic ring is 2. The highest BCUT2D eigenvalue weighted by Gasteiger charge is 2.72. The van der Waals surface area contributed by atoms with Crippen molar-refractivity contribution in [3.05, 3.63) is 119 Å². The zero-order chi connectivity index (χ0) is 31.8. The van der Waals surface area contributed by atoms with E-state index in [0.29, 0.717) is 24.3 Å². The number of anilines is 2. The van der Waals surface area contributed by atoms with Crippen molar-refractivity contribution in [3.63, 3.8) is 0 Å². The molecule has 0 unspecified atom stereocenters. The smallest absolute Gasteiger partial charge is 0.426 e.